The number of rotatable bonds is 10. The Bertz CT molecular complexity index is 2180. The van der Waals surface area contributed by atoms with Gasteiger partial charge in [0.25, 0.3) is 11.5 Å². The van der Waals surface area contributed by atoms with Gasteiger partial charge in [-0.1, -0.05) is 77.6 Å². The van der Waals surface area contributed by atoms with Crippen LogP contribution in [0, 0.1) is 13.8 Å². The Kier molecular flexibility index (Phi) is 9.59. The lowest BCUT2D eigenvalue weighted by molar-refractivity contribution is -0.113. The standard InChI is InChI=1S/C39H37N3O5S/c1-6-46-33-21-28(13-19-32(33)47-23-27-10-8-7-9-11-27)22-34-38(44)42-36(29-14-16-30(45-5)17-15-29)35(26(4)40-39(42)48-34)37(43)41-31-18-12-24(2)20-25(31)3/h7-22,36H,6,23H2,1-5H3,(H,41,43)/b34-22+/t36-/m1/s1. The highest BCUT2D eigenvalue weighted by Gasteiger charge is 2.32. The molecular weight excluding hydrogens is 623 g/mol. The Morgan fingerprint density at radius 3 is 2.42 bits per heavy atom. The van der Waals surface area contributed by atoms with E-state index in [1.807, 2.05) is 125 Å². The molecular formula is C39H37N3O5S. The van der Waals surface area contributed by atoms with E-state index >= 15 is 0 Å². The van der Waals surface area contributed by atoms with Crippen molar-refractivity contribution in [2.75, 3.05) is 19.0 Å². The molecule has 8 nitrogen and oxygen atoms in total. The average molecular weight is 660 g/mol. The number of carbonyl (C=O) groups is 1. The molecule has 0 fully saturated rings. The van der Waals surface area contributed by atoms with Crippen molar-refractivity contribution in [3.63, 3.8) is 0 Å². The highest BCUT2D eigenvalue weighted by atomic mass is 32.1. The minimum Gasteiger partial charge on any atom is -0.497 e. The van der Waals surface area contributed by atoms with Crippen LogP contribution in [0.5, 0.6) is 17.2 Å². The maximum atomic E-state index is 14.2. The predicted molar refractivity (Wildman–Crippen MR) is 190 cm³/mol. The maximum Gasteiger partial charge on any atom is 0.271 e. The van der Waals surface area contributed by atoms with Crippen LogP contribution in [0.25, 0.3) is 6.08 Å². The lowest BCUT2D eigenvalue weighted by Crippen LogP contribution is -2.40. The van der Waals surface area contributed by atoms with Crippen LogP contribution < -0.4 is 34.4 Å². The molecule has 244 valence electrons. The second kappa shape index (κ2) is 14.1. The molecule has 0 saturated carbocycles. The van der Waals surface area contributed by atoms with Crippen molar-refractivity contribution < 1.29 is 19.0 Å². The minimum atomic E-state index is -0.701. The van der Waals surface area contributed by atoms with Gasteiger partial charge in [-0.2, -0.15) is 0 Å². The molecule has 2 heterocycles. The van der Waals surface area contributed by atoms with E-state index in [-0.39, 0.29) is 11.5 Å². The highest BCUT2D eigenvalue weighted by Crippen LogP contribution is 2.33. The van der Waals surface area contributed by atoms with Crippen LogP contribution >= 0.6 is 11.3 Å². The zero-order chi connectivity index (χ0) is 33.8. The van der Waals surface area contributed by atoms with Crippen molar-refractivity contribution >= 4 is 29.0 Å². The van der Waals surface area contributed by atoms with Crippen LogP contribution in [0.1, 0.15) is 47.7 Å². The molecule has 0 aliphatic carbocycles. The van der Waals surface area contributed by atoms with Crippen molar-refractivity contribution in [1.29, 1.82) is 0 Å². The van der Waals surface area contributed by atoms with Crippen LogP contribution in [0.2, 0.25) is 0 Å². The van der Waals surface area contributed by atoms with E-state index in [0.717, 1.165) is 27.8 Å². The number of allylic oxidation sites excluding steroid dienone is 1. The van der Waals surface area contributed by atoms with Gasteiger partial charge >= 0.3 is 0 Å². The lowest BCUT2D eigenvalue weighted by Gasteiger charge is -2.25. The van der Waals surface area contributed by atoms with E-state index in [2.05, 4.69) is 5.32 Å². The second-order valence-electron chi connectivity index (χ2n) is 11.5. The number of hydrogen-bond acceptors (Lipinski definition) is 7. The molecule has 0 unspecified atom stereocenters. The highest BCUT2D eigenvalue weighted by molar-refractivity contribution is 7.07. The van der Waals surface area contributed by atoms with Gasteiger partial charge < -0.3 is 19.5 Å². The molecule has 1 N–H and O–H groups in total. The Balaban J connectivity index is 1.40. The molecule has 0 saturated heterocycles. The quantitative estimate of drug-likeness (QED) is 0.186. The molecule has 0 bridgehead atoms. The van der Waals surface area contributed by atoms with E-state index in [9.17, 15) is 9.59 Å². The Labute approximate surface area is 283 Å². The molecule has 1 atom stereocenters. The van der Waals surface area contributed by atoms with Crippen LogP contribution in [0.3, 0.4) is 0 Å². The number of anilines is 1. The fourth-order valence-electron chi connectivity index (χ4n) is 5.75. The third kappa shape index (κ3) is 6.82. The van der Waals surface area contributed by atoms with E-state index < -0.39 is 6.04 Å². The number of aromatic nitrogens is 1. The molecule has 1 aliphatic heterocycles. The molecule has 9 heteroatoms. The second-order valence-corrected chi connectivity index (χ2v) is 12.6. The molecule has 6 rings (SSSR count). The summed E-state index contributed by atoms with van der Waals surface area (Å²) >= 11 is 1.28. The molecule has 0 radical (unpaired) electrons. The molecule has 1 aromatic heterocycles. The first-order valence-electron chi connectivity index (χ1n) is 15.7. The number of hydrogen-bond donors (Lipinski definition) is 1. The molecule has 0 spiro atoms. The SMILES string of the molecule is CCOc1cc(/C=c2/sc3n(c2=O)[C@H](c2ccc(OC)cc2)C(C(=O)Nc2ccc(C)cc2C)=C(C)N=3)ccc1OCc1ccccc1. The number of methoxy groups -OCH3 is 1. The first-order chi connectivity index (χ1) is 23.2. The number of nitrogens with zero attached hydrogens (tertiary/aromatic N) is 2. The summed E-state index contributed by atoms with van der Waals surface area (Å²) in [6, 6.07) is 28.2. The van der Waals surface area contributed by atoms with Crippen molar-refractivity contribution in [3.8, 4) is 17.2 Å². The van der Waals surface area contributed by atoms with E-state index in [0.29, 0.717) is 56.8 Å². The van der Waals surface area contributed by atoms with Gasteiger partial charge in [0.1, 0.15) is 12.4 Å². The smallest absolute Gasteiger partial charge is 0.271 e. The van der Waals surface area contributed by atoms with Crippen LogP contribution in [0.15, 0.2) is 112 Å². The normalized spacial score (nSPS) is 14.3. The monoisotopic (exact) mass is 659 g/mol. The molecule has 4 aromatic carbocycles. The van der Waals surface area contributed by atoms with Crippen molar-refractivity contribution in [2.24, 2.45) is 4.99 Å². The Morgan fingerprint density at radius 1 is 0.938 bits per heavy atom. The van der Waals surface area contributed by atoms with Crippen molar-refractivity contribution in [2.45, 2.75) is 40.3 Å². The number of fused-ring (bicyclic) bond motifs is 1. The van der Waals surface area contributed by atoms with Gasteiger partial charge in [-0.05, 0) is 86.4 Å². The van der Waals surface area contributed by atoms with Gasteiger partial charge in [0, 0.05) is 5.69 Å². The number of ether oxygens (including phenoxy) is 3. The minimum absolute atomic E-state index is 0.244. The summed E-state index contributed by atoms with van der Waals surface area (Å²) in [6.07, 6.45) is 1.83. The molecule has 5 aromatic rings. The predicted octanol–water partition coefficient (Wildman–Crippen LogP) is 6.48. The summed E-state index contributed by atoms with van der Waals surface area (Å²) < 4.78 is 19.5. The number of amides is 1. The largest absolute Gasteiger partial charge is 0.497 e. The maximum absolute atomic E-state index is 14.2. The Hall–Kier alpha value is -5.41. The van der Waals surface area contributed by atoms with Gasteiger partial charge in [-0.15, -0.1) is 0 Å². The summed E-state index contributed by atoms with van der Waals surface area (Å²) in [5, 5.41) is 3.07. The van der Waals surface area contributed by atoms with Gasteiger partial charge in [0.05, 0.1) is 35.6 Å². The lowest BCUT2D eigenvalue weighted by atomic mass is 9.95. The van der Waals surface area contributed by atoms with E-state index in [4.69, 9.17) is 19.2 Å². The number of thiazole rings is 1. The van der Waals surface area contributed by atoms with Gasteiger partial charge in [-0.3, -0.25) is 14.2 Å². The van der Waals surface area contributed by atoms with Crippen molar-refractivity contribution in [3.05, 3.63) is 150 Å². The summed E-state index contributed by atoms with van der Waals surface area (Å²) in [5.74, 6) is 1.57. The van der Waals surface area contributed by atoms with Gasteiger partial charge in [0.2, 0.25) is 0 Å². The fourth-order valence-corrected chi connectivity index (χ4v) is 6.79. The first-order valence-corrected chi connectivity index (χ1v) is 16.6. The number of carbonyl (C=O) groups excluding carboxylic acids is 1. The topological polar surface area (TPSA) is 91.2 Å². The molecule has 1 aliphatic rings. The first kappa shape index (κ1) is 32.5. The summed E-state index contributed by atoms with van der Waals surface area (Å²) in [6.45, 7) is 8.56. The molecule has 48 heavy (non-hydrogen) atoms. The van der Waals surface area contributed by atoms with Crippen LogP contribution in [-0.4, -0.2) is 24.2 Å². The number of aryl methyl sites for hydroxylation is 2. The number of benzene rings is 4. The van der Waals surface area contributed by atoms with E-state index in [1.54, 1.807) is 11.7 Å². The molecule has 1 amide bonds. The third-order valence-corrected chi connectivity index (χ3v) is 9.11. The fraction of sp³-hybridized carbons (Fsp3) is 0.205. The summed E-state index contributed by atoms with van der Waals surface area (Å²) in [5.41, 5.74) is 6.05. The summed E-state index contributed by atoms with van der Waals surface area (Å²) in [7, 11) is 1.60. The van der Waals surface area contributed by atoms with Crippen LogP contribution in [-0.2, 0) is 11.4 Å². The van der Waals surface area contributed by atoms with E-state index in [1.165, 1.54) is 11.3 Å². The zero-order valence-electron chi connectivity index (χ0n) is 27.6. The van der Waals surface area contributed by atoms with Crippen molar-refractivity contribution in [1.82, 2.24) is 4.57 Å². The number of nitrogens with one attached hydrogen (secondary N) is 1. The van der Waals surface area contributed by atoms with Gasteiger partial charge in [0.15, 0.2) is 16.3 Å². The third-order valence-electron chi connectivity index (χ3n) is 8.13. The Morgan fingerprint density at radius 2 is 1.71 bits per heavy atom. The zero-order valence-corrected chi connectivity index (χ0v) is 28.4. The average Bonchev–Trinajstić information content (AvgIpc) is 3.39. The summed E-state index contributed by atoms with van der Waals surface area (Å²) in [4.78, 5) is 33.5. The van der Waals surface area contributed by atoms with Crippen LogP contribution in [0.4, 0.5) is 5.69 Å². The van der Waals surface area contributed by atoms with Gasteiger partial charge in [-0.25, -0.2) is 4.99 Å².